The molecule has 9 heteroatoms. The summed E-state index contributed by atoms with van der Waals surface area (Å²) in [5.74, 6) is 2.53. The number of nitrogens with zero attached hydrogens (tertiary/aromatic N) is 2. The molecule has 1 aliphatic heterocycles. The first-order chi connectivity index (χ1) is 15.9. The molecule has 0 N–H and O–H groups in total. The van der Waals surface area contributed by atoms with Crippen molar-refractivity contribution in [1.29, 1.82) is 0 Å². The van der Waals surface area contributed by atoms with Gasteiger partial charge in [-0.25, -0.2) is 9.79 Å². The van der Waals surface area contributed by atoms with Crippen LogP contribution in [-0.4, -0.2) is 49.3 Å². The molecule has 33 heavy (non-hydrogen) atoms. The van der Waals surface area contributed by atoms with Crippen LogP contribution in [0.3, 0.4) is 0 Å². The molecule has 1 aliphatic rings. The standard InChI is InChI=1S/C24H21ClN2O5S/c1-5-11-32-21-18(25)12-15(13-19(21)30-4)14-20-22(28)27(3)24(33-20)26-17-9-7-16(8-10-17)23(29)31-6-2/h1,7-10,12-14H,6,11H2,2-4H3. The number of hydrogen-bond acceptors (Lipinski definition) is 7. The number of likely N-dealkylation sites (N-methyl/N-ethyl adjacent to an activating group) is 1. The number of ether oxygens (including phenoxy) is 3. The molecular formula is C24H21ClN2O5S. The van der Waals surface area contributed by atoms with Crippen LogP contribution in [-0.2, 0) is 9.53 Å². The number of rotatable bonds is 7. The van der Waals surface area contributed by atoms with E-state index in [0.29, 0.717) is 50.0 Å². The average Bonchev–Trinajstić information content (AvgIpc) is 3.06. The second-order valence-corrected chi connectivity index (χ2v) is 8.08. The minimum Gasteiger partial charge on any atom is -0.493 e. The Morgan fingerprint density at radius 1 is 1.30 bits per heavy atom. The Hall–Kier alpha value is -3.41. The van der Waals surface area contributed by atoms with E-state index >= 15 is 0 Å². The summed E-state index contributed by atoms with van der Waals surface area (Å²) in [6, 6.07) is 10.0. The number of terminal acetylenes is 1. The molecule has 0 atom stereocenters. The lowest BCUT2D eigenvalue weighted by atomic mass is 10.2. The van der Waals surface area contributed by atoms with Crippen LogP contribution >= 0.6 is 23.4 Å². The minimum absolute atomic E-state index is 0.0518. The molecule has 3 rings (SSSR count). The van der Waals surface area contributed by atoms with Gasteiger partial charge >= 0.3 is 5.97 Å². The third kappa shape index (κ3) is 5.69. The summed E-state index contributed by atoms with van der Waals surface area (Å²) in [6.45, 7) is 2.11. The quantitative estimate of drug-likeness (QED) is 0.320. The summed E-state index contributed by atoms with van der Waals surface area (Å²) in [6.07, 6.45) is 6.94. The zero-order valence-corrected chi connectivity index (χ0v) is 19.8. The first kappa shape index (κ1) is 24.2. The number of aliphatic imine (C=N–C) groups is 1. The molecule has 1 heterocycles. The van der Waals surface area contributed by atoms with E-state index in [9.17, 15) is 9.59 Å². The maximum absolute atomic E-state index is 12.8. The molecule has 1 amide bonds. The van der Waals surface area contributed by atoms with Gasteiger partial charge in [0.25, 0.3) is 5.91 Å². The van der Waals surface area contributed by atoms with Gasteiger partial charge < -0.3 is 14.2 Å². The topological polar surface area (TPSA) is 77.4 Å². The van der Waals surface area contributed by atoms with Crippen molar-refractivity contribution >= 4 is 52.2 Å². The predicted octanol–water partition coefficient (Wildman–Crippen LogP) is 4.77. The number of halogens is 1. The van der Waals surface area contributed by atoms with Gasteiger partial charge in [-0.2, -0.15) is 0 Å². The summed E-state index contributed by atoms with van der Waals surface area (Å²) >= 11 is 7.56. The minimum atomic E-state index is -0.394. The molecule has 0 bridgehead atoms. The molecule has 170 valence electrons. The van der Waals surface area contributed by atoms with Crippen LogP contribution in [0, 0.1) is 12.3 Å². The van der Waals surface area contributed by atoms with Crippen LogP contribution in [0.25, 0.3) is 6.08 Å². The number of carbonyl (C=O) groups excluding carboxylic acids is 2. The highest BCUT2D eigenvalue weighted by Gasteiger charge is 2.30. The molecule has 0 spiro atoms. The summed E-state index contributed by atoms with van der Waals surface area (Å²) in [5, 5.41) is 0.818. The van der Waals surface area contributed by atoms with Gasteiger partial charge in [-0.15, -0.1) is 6.42 Å². The van der Waals surface area contributed by atoms with E-state index in [0.717, 1.165) is 0 Å². The summed E-state index contributed by atoms with van der Waals surface area (Å²) in [5.41, 5.74) is 1.70. The van der Waals surface area contributed by atoms with Crippen molar-refractivity contribution in [3.05, 3.63) is 57.5 Å². The second kappa shape index (κ2) is 10.9. The Kier molecular flexibility index (Phi) is 8.04. The molecule has 1 saturated heterocycles. The Bertz CT molecular complexity index is 1170. The third-order valence-corrected chi connectivity index (χ3v) is 5.80. The van der Waals surface area contributed by atoms with Crippen LogP contribution in [0.1, 0.15) is 22.8 Å². The first-order valence-electron chi connectivity index (χ1n) is 9.85. The zero-order chi connectivity index (χ0) is 24.0. The number of carbonyl (C=O) groups is 2. The maximum Gasteiger partial charge on any atom is 0.338 e. The second-order valence-electron chi connectivity index (χ2n) is 6.66. The highest BCUT2D eigenvalue weighted by molar-refractivity contribution is 8.18. The van der Waals surface area contributed by atoms with Gasteiger partial charge in [-0.1, -0.05) is 17.5 Å². The van der Waals surface area contributed by atoms with E-state index in [1.165, 1.54) is 23.8 Å². The zero-order valence-electron chi connectivity index (χ0n) is 18.3. The van der Waals surface area contributed by atoms with Gasteiger partial charge in [0.15, 0.2) is 16.7 Å². The van der Waals surface area contributed by atoms with E-state index in [4.69, 9.17) is 32.2 Å². The molecule has 0 saturated carbocycles. The molecule has 2 aromatic rings. The monoisotopic (exact) mass is 484 g/mol. The normalized spacial score (nSPS) is 15.6. The van der Waals surface area contributed by atoms with E-state index in [-0.39, 0.29) is 12.5 Å². The van der Waals surface area contributed by atoms with Gasteiger partial charge in [0.05, 0.1) is 34.9 Å². The fraction of sp³-hybridized carbons (Fsp3) is 0.208. The van der Waals surface area contributed by atoms with Crippen molar-refractivity contribution < 1.29 is 23.8 Å². The molecule has 0 radical (unpaired) electrons. The molecule has 7 nitrogen and oxygen atoms in total. The van der Waals surface area contributed by atoms with Crippen molar-refractivity contribution in [2.75, 3.05) is 27.4 Å². The number of hydrogen-bond donors (Lipinski definition) is 0. The van der Waals surface area contributed by atoms with Gasteiger partial charge in [-0.05, 0) is 66.7 Å². The number of thioether (sulfide) groups is 1. The van der Waals surface area contributed by atoms with E-state index in [2.05, 4.69) is 10.9 Å². The largest absolute Gasteiger partial charge is 0.493 e. The van der Waals surface area contributed by atoms with E-state index in [1.54, 1.807) is 56.4 Å². The Labute approximate surface area is 201 Å². The van der Waals surface area contributed by atoms with Gasteiger partial charge in [0, 0.05) is 7.05 Å². The van der Waals surface area contributed by atoms with Crippen LogP contribution in [0.4, 0.5) is 5.69 Å². The van der Waals surface area contributed by atoms with E-state index in [1.807, 2.05) is 0 Å². The lowest BCUT2D eigenvalue weighted by Crippen LogP contribution is -2.23. The Morgan fingerprint density at radius 2 is 2.03 bits per heavy atom. The van der Waals surface area contributed by atoms with Gasteiger partial charge in [0.1, 0.15) is 6.61 Å². The smallest absolute Gasteiger partial charge is 0.338 e. The molecule has 0 aromatic heterocycles. The summed E-state index contributed by atoms with van der Waals surface area (Å²) in [4.78, 5) is 31.0. The third-order valence-electron chi connectivity index (χ3n) is 4.46. The maximum atomic E-state index is 12.8. The Balaban J connectivity index is 1.84. The number of esters is 1. The summed E-state index contributed by atoms with van der Waals surface area (Å²) in [7, 11) is 3.14. The number of benzene rings is 2. The van der Waals surface area contributed by atoms with Crippen LogP contribution in [0.15, 0.2) is 46.3 Å². The predicted molar refractivity (Wildman–Crippen MR) is 130 cm³/mol. The lowest BCUT2D eigenvalue weighted by molar-refractivity contribution is -0.121. The Morgan fingerprint density at radius 3 is 2.67 bits per heavy atom. The first-order valence-corrected chi connectivity index (χ1v) is 11.0. The van der Waals surface area contributed by atoms with Crippen molar-refractivity contribution in [1.82, 2.24) is 4.90 Å². The number of methoxy groups -OCH3 is 1. The van der Waals surface area contributed by atoms with Gasteiger partial charge in [-0.3, -0.25) is 9.69 Å². The van der Waals surface area contributed by atoms with Crippen LogP contribution < -0.4 is 9.47 Å². The van der Waals surface area contributed by atoms with Crippen molar-refractivity contribution in [2.24, 2.45) is 4.99 Å². The van der Waals surface area contributed by atoms with Crippen molar-refractivity contribution in [2.45, 2.75) is 6.92 Å². The van der Waals surface area contributed by atoms with Crippen LogP contribution in [0.2, 0.25) is 5.02 Å². The summed E-state index contributed by atoms with van der Waals surface area (Å²) < 4.78 is 15.8. The molecule has 0 aliphatic carbocycles. The fourth-order valence-corrected chi connectivity index (χ4v) is 4.14. The molecule has 0 unspecified atom stereocenters. The highest BCUT2D eigenvalue weighted by Crippen LogP contribution is 2.39. The highest BCUT2D eigenvalue weighted by atomic mass is 35.5. The van der Waals surface area contributed by atoms with Crippen molar-refractivity contribution in [3.8, 4) is 23.8 Å². The van der Waals surface area contributed by atoms with Gasteiger partial charge in [0.2, 0.25) is 0 Å². The van der Waals surface area contributed by atoms with Crippen LogP contribution in [0.5, 0.6) is 11.5 Å². The molecule has 1 fully saturated rings. The number of amidine groups is 1. The molecular weight excluding hydrogens is 464 g/mol. The van der Waals surface area contributed by atoms with E-state index < -0.39 is 5.97 Å². The molecule has 2 aromatic carbocycles. The average molecular weight is 485 g/mol. The fourth-order valence-electron chi connectivity index (χ4n) is 2.88. The lowest BCUT2D eigenvalue weighted by Gasteiger charge is -2.11. The van der Waals surface area contributed by atoms with Crippen molar-refractivity contribution in [3.63, 3.8) is 0 Å². The SMILES string of the molecule is C#CCOc1c(Cl)cc(C=C2SC(=Nc3ccc(C(=O)OCC)cc3)N(C)C2=O)cc1OC. The number of amides is 1.